The highest BCUT2D eigenvalue weighted by Gasteiger charge is 2.13. The van der Waals surface area contributed by atoms with Crippen LogP contribution in [0.4, 0.5) is 0 Å². The fourth-order valence-corrected chi connectivity index (χ4v) is 2.98. The molecule has 3 aromatic carbocycles. The Morgan fingerprint density at radius 3 is 2.32 bits per heavy atom. The van der Waals surface area contributed by atoms with E-state index in [9.17, 15) is 4.79 Å². The minimum Gasteiger partial charge on any atom is -0.305 e. The number of fused-ring (bicyclic) bond motifs is 1. The first-order valence-electron chi connectivity index (χ1n) is 7.85. The summed E-state index contributed by atoms with van der Waals surface area (Å²) in [6.07, 6.45) is 0. The SMILES string of the molecule is N#Cc1ccc(-c2cccc3[nH]c(=O)nc(-c4ccccc4)c23)cc1. The minimum absolute atomic E-state index is 0.372. The molecule has 1 N–H and O–H groups in total. The maximum absolute atomic E-state index is 12.0. The lowest BCUT2D eigenvalue weighted by atomic mass is 9.96. The predicted molar refractivity (Wildman–Crippen MR) is 98.0 cm³/mol. The lowest BCUT2D eigenvalue weighted by molar-refractivity contribution is 1.12. The second-order valence-corrected chi connectivity index (χ2v) is 5.67. The van der Waals surface area contributed by atoms with Crippen LogP contribution in [0.25, 0.3) is 33.3 Å². The zero-order chi connectivity index (χ0) is 17.2. The van der Waals surface area contributed by atoms with Crippen molar-refractivity contribution in [3.8, 4) is 28.5 Å². The average Bonchev–Trinajstić information content (AvgIpc) is 2.67. The molecule has 118 valence electrons. The molecule has 0 radical (unpaired) electrons. The molecule has 0 aliphatic heterocycles. The van der Waals surface area contributed by atoms with Gasteiger partial charge >= 0.3 is 5.69 Å². The molecule has 4 aromatic rings. The van der Waals surface area contributed by atoms with Gasteiger partial charge in [0.15, 0.2) is 0 Å². The molecule has 0 saturated carbocycles. The van der Waals surface area contributed by atoms with Crippen molar-refractivity contribution < 1.29 is 0 Å². The van der Waals surface area contributed by atoms with Gasteiger partial charge in [-0.3, -0.25) is 0 Å². The van der Waals surface area contributed by atoms with Gasteiger partial charge in [-0.2, -0.15) is 10.2 Å². The van der Waals surface area contributed by atoms with Gasteiger partial charge in [-0.25, -0.2) is 4.79 Å². The van der Waals surface area contributed by atoms with Gasteiger partial charge in [0.2, 0.25) is 0 Å². The molecule has 0 amide bonds. The van der Waals surface area contributed by atoms with Crippen molar-refractivity contribution in [2.75, 3.05) is 0 Å². The highest BCUT2D eigenvalue weighted by molar-refractivity contribution is 6.03. The van der Waals surface area contributed by atoms with Crippen LogP contribution in [0.5, 0.6) is 0 Å². The Kier molecular flexibility index (Phi) is 3.60. The van der Waals surface area contributed by atoms with Crippen LogP contribution >= 0.6 is 0 Å². The fourth-order valence-electron chi connectivity index (χ4n) is 2.98. The summed E-state index contributed by atoms with van der Waals surface area (Å²) in [4.78, 5) is 19.0. The molecule has 4 heteroatoms. The highest BCUT2D eigenvalue weighted by atomic mass is 16.1. The van der Waals surface area contributed by atoms with E-state index in [0.717, 1.165) is 27.6 Å². The van der Waals surface area contributed by atoms with Crippen LogP contribution in [-0.2, 0) is 0 Å². The number of nitrogens with zero attached hydrogens (tertiary/aromatic N) is 2. The standard InChI is InChI=1S/C21H13N3O/c22-13-14-9-11-15(12-10-14)17-7-4-8-18-19(17)20(24-21(25)23-18)16-5-2-1-3-6-16/h1-12H,(H,23,24,25). The molecule has 0 atom stereocenters. The summed E-state index contributed by atoms with van der Waals surface area (Å²) in [5.74, 6) is 0. The van der Waals surface area contributed by atoms with Crippen molar-refractivity contribution in [3.05, 3.63) is 88.8 Å². The normalized spacial score (nSPS) is 10.5. The third-order valence-corrected chi connectivity index (χ3v) is 4.13. The van der Waals surface area contributed by atoms with E-state index in [0.29, 0.717) is 11.3 Å². The second kappa shape index (κ2) is 6.06. The van der Waals surface area contributed by atoms with E-state index in [-0.39, 0.29) is 5.69 Å². The van der Waals surface area contributed by atoms with E-state index in [4.69, 9.17) is 5.26 Å². The Labute approximate surface area is 144 Å². The van der Waals surface area contributed by atoms with Crippen LogP contribution in [-0.4, -0.2) is 9.97 Å². The van der Waals surface area contributed by atoms with E-state index in [1.54, 1.807) is 12.1 Å². The third-order valence-electron chi connectivity index (χ3n) is 4.13. The third kappa shape index (κ3) is 2.68. The van der Waals surface area contributed by atoms with E-state index < -0.39 is 0 Å². The zero-order valence-electron chi connectivity index (χ0n) is 13.2. The van der Waals surface area contributed by atoms with Crippen LogP contribution in [0.3, 0.4) is 0 Å². The van der Waals surface area contributed by atoms with Gasteiger partial charge in [-0.15, -0.1) is 0 Å². The van der Waals surface area contributed by atoms with Crippen molar-refractivity contribution in [2.24, 2.45) is 0 Å². The fraction of sp³-hybridized carbons (Fsp3) is 0. The van der Waals surface area contributed by atoms with Crippen LogP contribution in [0.2, 0.25) is 0 Å². The van der Waals surface area contributed by atoms with Gasteiger partial charge in [0.05, 0.1) is 22.8 Å². The maximum atomic E-state index is 12.0. The van der Waals surface area contributed by atoms with Crippen molar-refractivity contribution in [1.29, 1.82) is 5.26 Å². The average molecular weight is 323 g/mol. The van der Waals surface area contributed by atoms with Crippen molar-refractivity contribution in [3.63, 3.8) is 0 Å². The number of rotatable bonds is 2. The highest BCUT2D eigenvalue weighted by Crippen LogP contribution is 2.33. The van der Waals surface area contributed by atoms with E-state index in [2.05, 4.69) is 16.0 Å². The Hall–Kier alpha value is -3.71. The molecular formula is C21H13N3O. The first kappa shape index (κ1) is 14.9. The van der Waals surface area contributed by atoms with Gasteiger partial charge in [0, 0.05) is 10.9 Å². The summed E-state index contributed by atoms with van der Waals surface area (Å²) in [6.45, 7) is 0. The number of nitriles is 1. The summed E-state index contributed by atoms with van der Waals surface area (Å²) in [6, 6.07) is 25.0. The van der Waals surface area contributed by atoms with Gasteiger partial charge in [-0.05, 0) is 29.3 Å². The van der Waals surface area contributed by atoms with Crippen molar-refractivity contribution >= 4 is 10.9 Å². The molecule has 0 aliphatic carbocycles. The van der Waals surface area contributed by atoms with E-state index in [1.807, 2.05) is 60.7 Å². The minimum atomic E-state index is -0.372. The molecule has 0 bridgehead atoms. The smallest absolute Gasteiger partial charge is 0.305 e. The Bertz CT molecular complexity index is 1150. The summed E-state index contributed by atoms with van der Waals surface area (Å²) in [5, 5.41) is 9.88. The molecule has 0 saturated heterocycles. The van der Waals surface area contributed by atoms with Crippen molar-refractivity contribution in [1.82, 2.24) is 9.97 Å². The molecule has 1 heterocycles. The van der Waals surface area contributed by atoms with Gasteiger partial charge in [0.1, 0.15) is 0 Å². The van der Waals surface area contributed by atoms with Gasteiger partial charge in [0.25, 0.3) is 0 Å². The first-order chi connectivity index (χ1) is 12.3. The molecule has 0 fully saturated rings. The summed E-state index contributed by atoms with van der Waals surface area (Å²) in [5.41, 5.74) is 4.45. The molecule has 1 aromatic heterocycles. The first-order valence-corrected chi connectivity index (χ1v) is 7.85. The molecule has 0 spiro atoms. The van der Waals surface area contributed by atoms with Crippen molar-refractivity contribution in [2.45, 2.75) is 0 Å². The molecule has 0 unspecified atom stereocenters. The number of hydrogen-bond acceptors (Lipinski definition) is 3. The summed E-state index contributed by atoms with van der Waals surface area (Å²) < 4.78 is 0. The van der Waals surface area contributed by atoms with Crippen LogP contribution in [0.1, 0.15) is 5.56 Å². The molecule has 0 aliphatic rings. The molecular weight excluding hydrogens is 310 g/mol. The quantitative estimate of drug-likeness (QED) is 0.603. The lowest BCUT2D eigenvalue weighted by Crippen LogP contribution is -2.11. The zero-order valence-corrected chi connectivity index (χ0v) is 13.2. The van der Waals surface area contributed by atoms with Gasteiger partial charge in [-0.1, -0.05) is 54.6 Å². The van der Waals surface area contributed by atoms with Crippen LogP contribution in [0.15, 0.2) is 77.6 Å². The Balaban J connectivity index is 2.06. The van der Waals surface area contributed by atoms with Crippen LogP contribution in [0, 0.1) is 11.3 Å². The largest absolute Gasteiger partial charge is 0.345 e. The van der Waals surface area contributed by atoms with E-state index in [1.165, 1.54) is 0 Å². The number of aromatic amines is 1. The molecule has 4 nitrogen and oxygen atoms in total. The Morgan fingerprint density at radius 1 is 0.840 bits per heavy atom. The van der Waals surface area contributed by atoms with Gasteiger partial charge < -0.3 is 4.98 Å². The monoisotopic (exact) mass is 323 g/mol. The number of benzene rings is 3. The summed E-state index contributed by atoms with van der Waals surface area (Å²) in [7, 11) is 0. The van der Waals surface area contributed by atoms with E-state index >= 15 is 0 Å². The number of H-pyrrole nitrogens is 1. The Morgan fingerprint density at radius 2 is 1.60 bits per heavy atom. The number of aromatic nitrogens is 2. The maximum Gasteiger partial charge on any atom is 0.345 e. The molecule has 4 rings (SSSR count). The summed E-state index contributed by atoms with van der Waals surface area (Å²) >= 11 is 0. The second-order valence-electron chi connectivity index (χ2n) is 5.67. The van der Waals surface area contributed by atoms with Crippen LogP contribution < -0.4 is 5.69 Å². The number of hydrogen-bond donors (Lipinski definition) is 1. The topological polar surface area (TPSA) is 69.5 Å². The number of nitrogens with one attached hydrogen (secondary N) is 1. The lowest BCUT2D eigenvalue weighted by Gasteiger charge is -2.11. The molecule has 25 heavy (non-hydrogen) atoms. The predicted octanol–water partition coefficient (Wildman–Crippen LogP) is 4.13.